The summed E-state index contributed by atoms with van der Waals surface area (Å²) < 4.78 is 0. The van der Waals surface area contributed by atoms with E-state index in [2.05, 4.69) is 28.5 Å². The Morgan fingerprint density at radius 3 is 2.65 bits per heavy atom. The molecule has 1 aromatic carbocycles. The van der Waals surface area contributed by atoms with Gasteiger partial charge < -0.3 is 10.4 Å². The molecule has 0 aliphatic rings. The van der Waals surface area contributed by atoms with Crippen molar-refractivity contribution in [2.75, 3.05) is 13.2 Å². The molecule has 2 aromatic rings. The van der Waals surface area contributed by atoms with E-state index < -0.39 is 0 Å². The zero-order chi connectivity index (χ0) is 11.9. The molecule has 0 aliphatic heterocycles. The largest absolute Gasteiger partial charge is 0.395 e. The fraction of sp³-hybridized carbons (Fsp3) is 0.214. The summed E-state index contributed by atoms with van der Waals surface area (Å²) in [4.78, 5) is 4.01. The number of hydrogen-bond acceptors (Lipinski definition) is 3. The van der Waals surface area contributed by atoms with Crippen molar-refractivity contribution < 1.29 is 5.11 Å². The zero-order valence-electron chi connectivity index (χ0n) is 9.63. The molecule has 0 saturated heterocycles. The van der Waals surface area contributed by atoms with Gasteiger partial charge in [0.05, 0.1) is 6.61 Å². The Hall–Kier alpha value is -1.71. The first-order chi connectivity index (χ1) is 8.40. The van der Waals surface area contributed by atoms with Gasteiger partial charge in [-0.05, 0) is 34.9 Å². The van der Waals surface area contributed by atoms with Crippen molar-refractivity contribution in [3.8, 4) is 11.1 Å². The van der Waals surface area contributed by atoms with E-state index in [-0.39, 0.29) is 6.61 Å². The van der Waals surface area contributed by atoms with Crippen LogP contribution in [0.5, 0.6) is 0 Å². The lowest BCUT2D eigenvalue weighted by atomic mass is 10.0. The van der Waals surface area contributed by atoms with Crippen molar-refractivity contribution >= 4 is 0 Å². The standard InChI is InChI=1S/C14H16N2O/c17-9-8-16-11-12-2-1-3-14(10-12)13-4-6-15-7-5-13/h1-7,10,16-17H,8-9,11H2. The van der Waals surface area contributed by atoms with Crippen LogP contribution >= 0.6 is 0 Å². The van der Waals surface area contributed by atoms with Gasteiger partial charge in [0.2, 0.25) is 0 Å². The normalized spacial score (nSPS) is 10.4. The minimum Gasteiger partial charge on any atom is -0.395 e. The number of nitrogens with one attached hydrogen (secondary N) is 1. The van der Waals surface area contributed by atoms with E-state index in [1.54, 1.807) is 12.4 Å². The second kappa shape index (κ2) is 6.13. The molecule has 1 heterocycles. The van der Waals surface area contributed by atoms with Gasteiger partial charge in [-0.1, -0.05) is 18.2 Å². The van der Waals surface area contributed by atoms with E-state index in [0.717, 1.165) is 6.54 Å². The van der Waals surface area contributed by atoms with E-state index in [1.807, 2.05) is 18.2 Å². The van der Waals surface area contributed by atoms with Gasteiger partial charge in [0.1, 0.15) is 0 Å². The lowest BCUT2D eigenvalue weighted by molar-refractivity contribution is 0.292. The predicted molar refractivity (Wildman–Crippen MR) is 68.5 cm³/mol. The van der Waals surface area contributed by atoms with Crippen LogP contribution in [0.1, 0.15) is 5.56 Å². The number of hydrogen-bond donors (Lipinski definition) is 2. The van der Waals surface area contributed by atoms with Crippen LogP contribution in [0.25, 0.3) is 11.1 Å². The molecule has 17 heavy (non-hydrogen) atoms. The van der Waals surface area contributed by atoms with Crippen LogP contribution in [0, 0.1) is 0 Å². The number of nitrogens with zero attached hydrogens (tertiary/aromatic N) is 1. The van der Waals surface area contributed by atoms with Crippen molar-refractivity contribution in [2.45, 2.75) is 6.54 Å². The maximum Gasteiger partial charge on any atom is 0.0556 e. The third-order valence-electron chi connectivity index (χ3n) is 2.56. The maximum atomic E-state index is 8.71. The minimum atomic E-state index is 0.171. The van der Waals surface area contributed by atoms with Gasteiger partial charge in [0.15, 0.2) is 0 Å². The molecular formula is C14H16N2O. The smallest absolute Gasteiger partial charge is 0.0556 e. The molecule has 88 valence electrons. The van der Waals surface area contributed by atoms with E-state index in [9.17, 15) is 0 Å². The fourth-order valence-electron chi connectivity index (χ4n) is 1.72. The molecule has 0 fully saturated rings. The van der Waals surface area contributed by atoms with Crippen LogP contribution in [0.3, 0.4) is 0 Å². The van der Waals surface area contributed by atoms with Crippen LogP contribution in [-0.2, 0) is 6.54 Å². The lowest BCUT2D eigenvalue weighted by Gasteiger charge is -2.06. The maximum absolute atomic E-state index is 8.71. The third-order valence-corrected chi connectivity index (χ3v) is 2.56. The van der Waals surface area contributed by atoms with Crippen LogP contribution in [0.4, 0.5) is 0 Å². The number of pyridine rings is 1. The molecule has 0 bridgehead atoms. The Kier molecular flexibility index (Phi) is 4.24. The molecule has 2 rings (SSSR count). The molecule has 1 aromatic heterocycles. The first kappa shape index (κ1) is 11.8. The minimum absolute atomic E-state index is 0.171. The van der Waals surface area contributed by atoms with Crippen molar-refractivity contribution in [2.24, 2.45) is 0 Å². The Balaban J connectivity index is 2.12. The van der Waals surface area contributed by atoms with Gasteiger partial charge >= 0.3 is 0 Å². The van der Waals surface area contributed by atoms with E-state index in [1.165, 1.54) is 16.7 Å². The average Bonchev–Trinajstić information content (AvgIpc) is 2.41. The number of benzene rings is 1. The molecule has 0 unspecified atom stereocenters. The summed E-state index contributed by atoms with van der Waals surface area (Å²) in [6.45, 7) is 1.57. The lowest BCUT2D eigenvalue weighted by Crippen LogP contribution is -2.17. The molecule has 3 nitrogen and oxygen atoms in total. The Morgan fingerprint density at radius 2 is 1.88 bits per heavy atom. The molecule has 2 N–H and O–H groups in total. The number of aliphatic hydroxyl groups is 1. The molecule has 0 atom stereocenters. The highest BCUT2D eigenvalue weighted by Gasteiger charge is 1.98. The van der Waals surface area contributed by atoms with Gasteiger partial charge in [-0.2, -0.15) is 0 Å². The molecule has 0 aliphatic carbocycles. The molecule has 0 radical (unpaired) electrons. The van der Waals surface area contributed by atoms with E-state index in [0.29, 0.717) is 6.54 Å². The summed E-state index contributed by atoms with van der Waals surface area (Å²) in [7, 11) is 0. The average molecular weight is 228 g/mol. The van der Waals surface area contributed by atoms with Crippen LogP contribution in [0.2, 0.25) is 0 Å². The molecule has 0 amide bonds. The Labute approximate surface area is 101 Å². The van der Waals surface area contributed by atoms with Crippen LogP contribution in [-0.4, -0.2) is 23.2 Å². The molecule has 0 saturated carbocycles. The second-order valence-corrected chi connectivity index (χ2v) is 3.84. The Morgan fingerprint density at radius 1 is 1.06 bits per heavy atom. The first-order valence-electron chi connectivity index (χ1n) is 5.71. The van der Waals surface area contributed by atoms with Crippen molar-refractivity contribution in [3.05, 3.63) is 54.4 Å². The zero-order valence-corrected chi connectivity index (χ0v) is 9.63. The van der Waals surface area contributed by atoms with Gasteiger partial charge in [0.25, 0.3) is 0 Å². The van der Waals surface area contributed by atoms with Crippen molar-refractivity contribution in [1.82, 2.24) is 10.3 Å². The number of aromatic nitrogens is 1. The SMILES string of the molecule is OCCNCc1cccc(-c2ccncc2)c1. The fourth-order valence-corrected chi connectivity index (χ4v) is 1.72. The second-order valence-electron chi connectivity index (χ2n) is 3.84. The van der Waals surface area contributed by atoms with Crippen molar-refractivity contribution in [3.63, 3.8) is 0 Å². The monoisotopic (exact) mass is 228 g/mol. The summed E-state index contributed by atoms with van der Waals surface area (Å²) in [6.07, 6.45) is 3.60. The number of aliphatic hydroxyl groups excluding tert-OH is 1. The van der Waals surface area contributed by atoms with Gasteiger partial charge in [-0.15, -0.1) is 0 Å². The first-order valence-corrected chi connectivity index (χ1v) is 5.71. The summed E-state index contributed by atoms with van der Waals surface area (Å²) in [5, 5.41) is 11.9. The van der Waals surface area contributed by atoms with E-state index >= 15 is 0 Å². The number of rotatable bonds is 5. The van der Waals surface area contributed by atoms with Gasteiger partial charge in [-0.3, -0.25) is 4.98 Å². The molecule has 3 heteroatoms. The highest BCUT2D eigenvalue weighted by Crippen LogP contribution is 2.19. The Bertz CT molecular complexity index is 457. The molecular weight excluding hydrogens is 212 g/mol. The molecule has 0 spiro atoms. The summed E-state index contributed by atoms with van der Waals surface area (Å²) in [5.74, 6) is 0. The van der Waals surface area contributed by atoms with Crippen LogP contribution in [0.15, 0.2) is 48.8 Å². The summed E-state index contributed by atoms with van der Waals surface area (Å²) in [5.41, 5.74) is 3.58. The van der Waals surface area contributed by atoms with Crippen molar-refractivity contribution in [1.29, 1.82) is 0 Å². The van der Waals surface area contributed by atoms with Crippen LogP contribution < -0.4 is 5.32 Å². The quantitative estimate of drug-likeness (QED) is 0.767. The third kappa shape index (κ3) is 3.37. The topological polar surface area (TPSA) is 45.1 Å². The van der Waals surface area contributed by atoms with E-state index in [4.69, 9.17) is 5.11 Å². The highest BCUT2D eigenvalue weighted by atomic mass is 16.3. The predicted octanol–water partition coefficient (Wildman–Crippen LogP) is 1.83. The summed E-state index contributed by atoms with van der Waals surface area (Å²) in [6, 6.07) is 12.4. The van der Waals surface area contributed by atoms with Gasteiger partial charge in [-0.25, -0.2) is 0 Å². The highest BCUT2D eigenvalue weighted by molar-refractivity contribution is 5.63. The summed E-state index contributed by atoms with van der Waals surface area (Å²) >= 11 is 0. The van der Waals surface area contributed by atoms with Gasteiger partial charge in [0, 0.05) is 25.5 Å².